The molecule has 0 amide bonds. The molecule has 0 aromatic rings. The van der Waals surface area contributed by atoms with Crippen molar-refractivity contribution in [2.75, 3.05) is 19.6 Å². The van der Waals surface area contributed by atoms with E-state index in [1.165, 1.54) is 12.0 Å². The van der Waals surface area contributed by atoms with E-state index in [0.717, 1.165) is 32.5 Å². The van der Waals surface area contributed by atoms with Gasteiger partial charge in [0.2, 0.25) is 0 Å². The topological polar surface area (TPSA) is 29.3 Å². The normalized spacial score (nSPS) is 29.1. The van der Waals surface area contributed by atoms with Crippen LogP contribution in [0, 0.1) is 5.92 Å². The Balaban J connectivity index is 2.38. The van der Waals surface area contributed by atoms with Crippen LogP contribution in [0.4, 0.5) is 0 Å². The summed E-state index contributed by atoms with van der Waals surface area (Å²) in [6.07, 6.45) is 3.45. The Labute approximate surface area is 88.2 Å². The van der Waals surface area contributed by atoms with Crippen LogP contribution in [0.5, 0.6) is 0 Å². The minimum Gasteiger partial charge on any atom is -0.327 e. The van der Waals surface area contributed by atoms with Crippen molar-refractivity contribution in [3.8, 4) is 0 Å². The van der Waals surface area contributed by atoms with Gasteiger partial charge in [0, 0.05) is 19.1 Å². The van der Waals surface area contributed by atoms with Gasteiger partial charge in [-0.3, -0.25) is 4.90 Å². The summed E-state index contributed by atoms with van der Waals surface area (Å²) in [4.78, 5) is 2.50. The number of nitrogens with zero attached hydrogens (tertiary/aromatic N) is 1. The van der Waals surface area contributed by atoms with Gasteiger partial charge in [0.25, 0.3) is 0 Å². The van der Waals surface area contributed by atoms with E-state index in [2.05, 4.69) is 25.3 Å². The Kier molecular flexibility index (Phi) is 4.63. The molecule has 2 heteroatoms. The maximum absolute atomic E-state index is 6.07. The molecule has 0 radical (unpaired) electrons. The fourth-order valence-corrected chi connectivity index (χ4v) is 2.13. The molecule has 2 nitrogen and oxygen atoms in total. The minimum absolute atomic E-state index is 0.422. The van der Waals surface area contributed by atoms with Crippen LogP contribution in [0.3, 0.4) is 0 Å². The summed E-state index contributed by atoms with van der Waals surface area (Å²) in [6.45, 7) is 11.9. The highest BCUT2D eigenvalue weighted by molar-refractivity contribution is 4.97. The summed E-state index contributed by atoms with van der Waals surface area (Å²) in [5.74, 6) is 0.688. The molecular weight excluding hydrogens is 172 g/mol. The summed E-state index contributed by atoms with van der Waals surface area (Å²) in [5, 5.41) is 0. The highest BCUT2D eigenvalue weighted by Gasteiger charge is 2.24. The van der Waals surface area contributed by atoms with Crippen molar-refractivity contribution in [1.29, 1.82) is 0 Å². The zero-order valence-corrected chi connectivity index (χ0v) is 9.63. The summed E-state index contributed by atoms with van der Waals surface area (Å²) in [5.41, 5.74) is 7.41. The van der Waals surface area contributed by atoms with E-state index in [1.807, 2.05) is 0 Å². The molecule has 14 heavy (non-hydrogen) atoms. The van der Waals surface area contributed by atoms with Crippen LogP contribution in [-0.2, 0) is 0 Å². The molecule has 2 atom stereocenters. The van der Waals surface area contributed by atoms with Crippen molar-refractivity contribution in [1.82, 2.24) is 4.90 Å². The number of nitrogens with two attached hydrogens (primary N) is 1. The lowest BCUT2D eigenvalue weighted by Crippen LogP contribution is -2.47. The molecule has 2 N–H and O–H groups in total. The molecule has 0 spiro atoms. The SMILES string of the molecule is C=C(CC)CN1CCC(N)C(CC)C1. The smallest absolute Gasteiger partial charge is 0.0190 e. The van der Waals surface area contributed by atoms with Crippen molar-refractivity contribution in [2.24, 2.45) is 11.7 Å². The van der Waals surface area contributed by atoms with Crippen LogP contribution in [0.1, 0.15) is 33.1 Å². The van der Waals surface area contributed by atoms with Gasteiger partial charge in [-0.25, -0.2) is 0 Å². The lowest BCUT2D eigenvalue weighted by molar-refractivity contribution is 0.162. The number of likely N-dealkylation sites (tertiary alicyclic amines) is 1. The van der Waals surface area contributed by atoms with E-state index in [4.69, 9.17) is 5.73 Å². The molecule has 1 aliphatic heterocycles. The Morgan fingerprint density at radius 1 is 1.50 bits per heavy atom. The molecule has 0 saturated carbocycles. The fourth-order valence-electron chi connectivity index (χ4n) is 2.13. The van der Waals surface area contributed by atoms with Crippen LogP contribution in [-0.4, -0.2) is 30.6 Å². The molecule has 1 heterocycles. The maximum Gasteiger partial charge on any atom is 0.0190 e. The average molecular weight is 196 g/mol. The fraction of sp³-hybridized carbons (Fsp3) is 0.833. The number of rotatable bonds is 4. The van der Waals surface area contributed by atoms with Crippen LogP contribution < -0.4 is 5.73 Å². The standard InChI is InChI=1S/C12H24N2/c1-4-10(3)8-14-7-6-12(13)11(5-2)9-14/h11-12H,3-9,13H2,1-2H3. The summed E-state index contributed by atoms with van der Waals surface area (Å²) >= 11 is 0. The first-order chi connectivity index (χ1) is 6.67. The van der Waals surface area contributed by atoms with Gasteiger partial charge >= 0.3 is 0 Å². The van der Waals surface area contributed by atoms with E-state index in [-0.39, 0.29) is 0 Å². The maximum atomic E-state index is 6.07. The minimum atomic E-state index is 0.422. The second-order valence-corrected chi connectivity index (χ2v) is 4.46. The molecule has 1 rings (SSSR count). The zero-order chi connectivity index (χ0) is 10.6. The van der Waals surface area contributed by atoms with Gasteiger partial charge in [-0.1, -0.05) is 32.4 Å². The van der Waals surface area contributed by atoms with Gasteiger partial charge in [0.15, 0.2) is 0 Å². The highest BCUT2D eigenvalue weighted by atomic mass is 15.1. The molecule has 1 saturated heterocycles. The van der Waals surface area contributed by atoms with Crippen molar-refractivity contribution < 1.29 is 0 Å². The molecule has 1 fully saturated rings. The van der Waals surface area contributed by atoms with E-state index in [1.54, 1.807) is 0 Å². The van der Waals surface area contributed by atoms with Gasteiger partial charge < -0.3 is 5.73 Å². The van der Waals surface area contributed by atoms with Crippen LogP contribution in [0.2, 0.25) is 0 Å². The monoisotopic (exact) mass is 196 g/mol. The second-order valence-electron chi connectivity index (χ2n) is 4.46. The number of hydrogen-bond acceptors (Lipinski definition) is 2. The molecule has 82 valence electrons. The predicted octanol–water partition coefficient (Wildman–Crippen LogP) is 2.01. The van der Waals surface area contributed by atoms with Gasteiger partial charge in [-0.2, -0.15) is 0 Å². The third kappa shape index (κ3) is 3.10. The Bertz CT molecular complexity index is 189. The molecule has 0 aromatic carbocycles. The van der Waals surface area contributed by atoms with Gasteiger partial charge in [-0.05, 0) is 25.3 Å². The molecule has 0 aromatic heterocycles. The van der Waals surface area contributed by atoms with E-state index in [9.17, 15) is 0 Å². The Hall–Kier alpha value is -0.340. The zero-order valence-electron chi connectivity index (χ0n) is 9.63. The summed E-state index contributed by atoms with van der Waals surface area (Å²) in [6, 6.07) is 0.422. The number of piperidine rings is 1. The predicted molar refractivity (Wildman–Crippen MR) is 62.2 cm³/mol. The van der Waals surface area contributed by atoms with Crippen molar-refractivity contribution in [3.05, 3.63) is 12.2 Å². The second kappa shape index (κ2) is 5.52. The van der Waals surface area contributed by atoms with Gasteiger partial charge in [0.1, 0.15) is 0 Å². The first kappa shape index (κ1) is 11.7. The van der Waals surface area contributed by atoms with E-state index >= 15 is 0 Å². The van der Waals surface area contributed by atoms with Crippen LogP contribution >= 0.6 is 0 Å². The van der Waals surface area contributed by atoms with E-state index < -0.39 is 0 Å². The van der Waals surface area contributed by atoms with Crippen LogP contribution in [0.25, 0.3) is 0 Å². The van der Waals surface area contributed by atoms with Crippen molar-refractivity contribution in [2.45, 2.75) is 39.2 Å². The Morgan fingerprint density at radius 3 is 2.79 bits per heavy atom. The lowest BCUT2D eigenvalue weighted by atomic mass is 9.90. The molecule has 2 unspecified atom stereocenters. The largest absolute Gasteiger partial charge is 0.327 e. The van der Waals surface area contributed by atoms with Crippen molar-refractivity contribution in [3.63, 3.8) is 0 Å². The highest BCUT2D eigenvalue weighted by Crippen LogP contribution is 2.19. The third-order valence-corrected chi connectivity index (χ3v) is 3.35. The van der Waals surface area contributed by atoms with Crippen LogP contribution in [0.15, 0.2) is 12.2 Å². The first-order valence-corrected chi connectivity index (χ1v) is 5.81. The quantitative estimate of drug-likeness (QED) is 0.697. The molecule has 0 bridgehead atoms. The summed E-state index contributed by atoms with van der Waals surface area (Å²) in [7, 11) is 0. The number of hydrogen-bond donors (Lipinski definition) is 1. The van der Waals surface area contributed by atoms with Crippen molar-refractivity contribution >= 4 is 0 Å². The van der Waals surface area contributed by atoms with Gasteiger partial charge in [0.05, 0.1) is 0 Å². The lowest BCUT2D eigenvalue weighted by Gasteiger charge is -2.36. The third-order valence-electron chi connectivity index (χ3n) is 3.35. The molecule has 1 aliphatic rings. The van der Waals surface area contributed by atoms with Gasteiger partial charge in [-0.15, -0.1) is 0 Å². The van der Waals surface area contributed by atoms with E-state index in [0.29, 0.717) is 12.0 Å². The molecule has 0 aliphatic carbocycles. The molecular formula is C12H24N2. The summed E-state index contributed by atoms with van der Waals surface area (Å²) < 4.78 is 0. The average Bonchev–Trinajstić information content (AvgIpc) is 2.20. The Morgan fingerprint density at radius 2 is 2.21 bits per heavy atom. The first-order valence-electron chi connectivity index (χ1n) is 5.81.